The molecule has 1 fully saturated rings. The second-order valence-corrected chi connectivity index (χ2v) is 5.66. The number of nitrogens with two attached hydrogens (primary N) is 1. The van der Waals surface area contributed by atoms with Crippen molar-refractivity contribution in [3.8, 4) is 0 Å². The van der Waals surface area contributed by atoms with Crippen LogP contribution in [0.5, 0.6) is 0 Å². The lowest BCUT2D eigenvalue weighted by Crippen LogP contribution is -2.43. The van der Waals surface area contributed by atoms with E-state index < -0.39 is 0 Å². The Kier molecular flexibility index (Phi) is 4.47. The fraction of sp³-hybridized carbons (Fsp3) is 0.538. The highest BCUT2D eigenvalue weighted by atomic mass is 32.2. The first-order chi connectivity index (χ1) is 8.70. The number of nitrogens with one attached hydrogen (secondary N) is 1. The lowest BCUT2D eigenvalue weighted by molar-refractivity contribution is 0.0924. The van der Waals surface area contributed by atoms with Crippen LogP contribution in [0.4, 0.5) is 5.82 Å². The lowest BCUT2D eigenvalue weighted by Gasteiger charge is -2.30. The van der Waals surface area contributed by atoms with Crippen molar-refractivity contribution in [1.82, 2.24) is 10.3 Å². The van der Waals surface area contributed by atoms with Gasteiger partial charge in [-0.1, -0.05) is 18.9 Å². The van der Waals surface area contributed by atoms with Gasteiger partial charge >= 0.3 is 0 Å². The van der Waals surface area contributed by atoms with Crippen molar-refractivity contribution < 1.29 is 4.79 Å². The van der Waals surface area contributed by atoms with Gasteiger partial charge in [0.05, 0.1) is 0 Å². The summed E-state index contributed by atoms with van der Waals surface area (Å²) in [5.74, 6) is 0.265. The van der Waals surface area contributed by atoms with E-state index >= 15 is 0 Å². The molecule has 1 aromatic rings. The van der Waals surface area contributed by atoms with Gasteiger partial charge in [0.25, 0.3) is 5.91 Å². The van der Waals surface area contributed by atoms with Crippen LogP contribution in [0.25, 0.3) is 0 Å². The van der Waals surface area contributed by atoms with Crippen molar-refractivity contribution in [3.63, 3.8) is 0 Å². The zero-order valence-corrected chi connectivity index (χ0v) is 11.4. The van der Waals surface area contributed by atoms with Gasteiger partial charge < -0.3 is 11.1 Å². The number of aromatic nitrogens is 1. The maximum Gasteiger partial charge on any atom is 0.270 e. The SMILES string of the molecule is CSC1CCCCC1NC(=O)c1cccc(N)n1. The van der Waals surface area contributed by atoms with Gasteiger partial charge in [-0.05, 0) is 31.2 Å². The minimum Gasteiger partial charge on any atom is -0.384 e. The molecule has 2 unspecified atom stereocenters. The largest absolute Gasteiger partial charge is 0.384 e. The van der Waals surface area contributed by atoms with E-state index in [1.807, 2.05) is 11.8 Å². The third-order valence-electron chi connectivity index (χ3n) is 3.33. The Bertz CT molecular complexity index is 424. The Morgan fingerprint density at radius 3 is 2.94 bits per heavy atom. The summed E-state index contributed by atoms with van der Waals surface area (Å²) in [7, 11) is 0. The molecule has 2 rings (SSSR count). The average molecular weight is 265 g/mol. The second-order valence-electron chi connectivity index (χ2n) is 4.59. The van der Waals surface area contributed by atoms with E-state index in [0.717, 1.165) is 6.42 Å². The summed E-state index contributed by atoms with van der Waals surface area (Å²) in [6.07, 6.45) is 6.78. The summed E-state index contributed by atoms with van der Waals surface area (Å²) < 4.78 is 0. The first kappa shape index (κ1) is 13.2. The Morgan fingerprint density at radius 2 is 2.22 bits per heavy atom. The molecule has 0 spiro atoms. The van der Waals surface area contributed by atoms with E-state index in [4.69, 9.17) is 5.73 Å². The number of carbonyl (C=O) groups is 1. The zero-order valence-electron chi connectivity index (χ0n) is 10.6. The molecule has 1 amide bonds. The molecule has 0 aromatic carbocycles. The number of nitrogen functional groups attached to an aromatic ring is 1. The lowest BCUT2D eigenvalue weighted by atomic mass is 9.95. The number of amides is 1. The predicted octanol–water partition coefficient (Wildman–Crippen LogP) is 2.07. The third kappa shape index (κ3) is 3.16. The molecule has 1 aliphatic rings. The first-order valence-corrected chi connectivity index (χ1v) is 7.55. The molecule has 0 aliphatic heterocycles. The predicted molar refractivity (Wildman–Crippen MR) is 75.7 cm³/mol. The van der Waals surface area contributed by atoms with E-state index in [1.54, 1.807) is 18.2 Å². The molecule has 98 valence electrons. The summed E-state index contributed by atoms with van der Waals surface area (Å²) in [4.78, 5) is 16.1. The molecule has 3 N–H and O–H groups in total. The van der Waals surface area contributed by atoms with Crippen LogP contribution in [0.3, 0.4) is 0 Å². The summed E-state index contributed by atoms with van der Waals surface area (Å²) >= 11 is 1.83. The van der Waals surface area contributed by atoms with Crippen molar-refractivity contribution in [1.29, 1.82) is 0 Å². The molecule has 1 heterocycles. The van der Waals surface area contributed by atoms with Crippen LogP contribution in [0.1, 0.15) is 36.2 Å². The van der Waals surface area contributed by atoms with Crippen molar-refractivity contribution >= 4 is 23.5 Å². The molecule has 0 saturated heterocycles. The standard InChI is InChI=1S/C13H19N3OS/c1-18-11-7-3-2-5-9(11)16-13(17)10-6-4-8-12(14)15-10/h4,6,8-9,11H,2-3,5,7H2,1H3,(H2,14,15)(H,16,17). The van der Waals surface area contributed by atoms with Crippen LogP contribution in [0.15, 0.2) is 18.2 Å². The van der Waals surface area contributed by atoms with E-state index in [-0.39, 0.29) is 11.9 Å². The van der Waals surface area contributed by atoms with Gasteiger partial charge in [-0.15, -0.1) is 0 Å². The minimum atomic E-state index is -0.117. The number of nitrogens with zero attached hydrogens (tertiary/aromatic N) is 1. The highest BCUT2D eigenvalue weighted by molar-refractivity contribution is 7.99. The molecule has 1 saturated carbocycles. The normalized spacial score (nSPS) is 23.6. The zero-order chi connectivity index (χ0) is 13.0. The monoisotopic (exact) mass is 265 g/mol. The summed E-state index contributed by atoms with van der Waals surface area (Å²) in [5.41, 5.74) is 5.99. The molecular weight excluding hydrogens is 246 g/mol. The van der Waals surface area contributed by atoms with Gasteiger partial charge in [0.2, 0.25) is 0 Å². The van der Waals surface area contributed by atoms with Crippen molar-refractivity contribution in [2.45, 2.75) is 37.0 Å². The van der Waals surface area contributed by atoms with Crippen LogP contribution < -0.4 is 11.1 Å². The second kappa shape index (κ2) is 6.09. The summed E-state index contributed by atoms with van der Waals surface area (Å²) in [5, 5.41) is 3.60. The molecule has 18 heavy (non-hydrogen) atoms. The average Bonchev–Trinajstić information content (AvgIpc) is 2.39. The molecule has 5 heteroatoms. The molecule has 0 radical (unpaired) electrons. The molecule has 4 nitrogen and oxygen atoms in total. The van der Waals surface area contributed by atoms with Gasteiger partial charge in [-0.2, -0.15) is 11.8 Å². The van der Waals surface area contributed by atoms with Crippen LogP contribution >= 0.6 is 11.8 Å². The Hall–Kier alpha value is -1.23. The maximum absolute atomic E-state index is 12.1. The quantitative estimate of drug-likeness (QED) is 0.878. The number of carbonyl (C=O) groups excluding carboxylic acids is 1. The summed E-state index contributed by atoms with van der Waals surface area (Å²) in [6, 6.07) is 5.39. The molecule has 1 aromatic heterocycles. The number of anilines is 1. The van der Waals surface area contributed by atoms with Crippen molar-refractivity contribution in [2.75, 3.05) is 12.0 Å². The number of hydrogen-bond donors (Lipinski definition) is 2. The topological polar surface area (TPSA) is 68.0 Å². The first-order valence-electron chi connectivity index (χ1n) is 6.27. The van der Waals surface area contributed by atoms with E-state index in [0.29, 0.717) is 16.8 Å². The highest BCUT2D eigenvalue weighted by Crippen LogP contribution is 2.27. The van der Waals surface area contributed by atoms with E-state index in [2.05, 4.69) is 16.6 Å². The number of hydrogen-bond acceptors (Lipinski definition) is 4. The molecule has 0 bridgehead atoms. The third-order valence-corrected chi connectivity index (χ3v) is 4.49. The summed E-state index contributed by atoms with van der Waals surface area (Å²) in [6.45, 7) is 0. The van der Waals surface area contributed by atoms with Gasteiger partial charge in [0, 0.05) is 11.3 Å². The molecular formula is C13H19N3OS. The number of rotatable bonds is 3. The minimum absolute atomic E-state index is 0.117. The van der Waals surface area contributed by atoms with Gasteiger partial charge in [-0.3, -0.25) is 4.79 Å². The highest BCUT2D eigenvalue weighted by Gasteiger charge is 2.26. The van der Waals surface area contributed by atoms with Crippen molar-refractivity contribution in [2.24, 2.45) is 0 Å². The van der Waals surface area contributed by atoms with Crippen LogP contribution in [0.2, 0.25) is 0 Å². The van der Waals surface area contributed by atoms with E-state index in [9.17, 15) is 4.79 Å². The van der Waals surface area contributed by atoms with Crippen LogP contribution in [0, 0.1) is 0 Å². The number of thioether (sulfide) groups is 1. The van der Waals surface area contributed by atoms with Crippen LogP contribution in [-0.2, 0) is 0 Å². The van der Waals surface area contributed by atoms with Gasteiger partial charge in [0.1, 0.15) is 11.5 Å². The Labute approximate surface area is 112 Å². The van der Waals surface area contributed by atoms with Crippen LogP contribution in [-0.4, -0.2) is 28.4 Å². The fourth-order valence-corrected chi connectivity index (χ4v) is 3.30. The molecule has 2 atom stereocenters. The maximum atomic E-state index is 12.1. The van der Waals surface area contributed by atoms with Crippen molar-refractivity contribution in [3.05, 3.63) is 23.9 Å². The van der Waals surface area contributed by atoms with Gasteiger partial charge in [-0.25, -0.2) is 4.98 Å². The smallest absolute Gasteiger partial charge is 0.270 e. The Morgan fingerprint density at radius 1 is 1.44 bits per heavy atom. The van der Waals surface area contributed by atoms with Gasteiger partial charge in [0.15, 0.2) is 0 Å². The Balaban J connectivity index is 2.02. The fourth-order valence-electron chi connectivity index (χ4n) is 2.36. The number of pyridine rings is 1. The van der Waals surface area contributed by atoms with E-state index in [1.165, 1.54) is 19.3 Å². The molecule has 1 aliphatic carbocycles.